The van der Waals surface area contributed by atoms with E-state index in [9.17, 15) is 5.11 Å². The molecule has 8 aromatic rings. The number of Topliss-reactive ketones (excluding diaryl/α,β-unsaturated/α-hetero) is 1. The number of benzene rings is 8. The molecule has 0 bridgehead atoms. The number of ketones is 1. The second-order valence-electron chi connectivity index (χ2n) is 18.9. The van der Waals surface area contributed by atoms with Crippen LogP contribution in [0.15, 0.2) is 188 Å². The van der Waals surface area contributed by atoms with Crippen molar-refractivity contribution in [3.05, 3.63) is 204 Å². The van der Waals surface area contributed by atoms with Gasteiger partial charge in [-0.15, -0.1) is 0 Å². The van der Waals surface area contributed by atoms with Crippen LogP contribution in [0, 0.1) is 0 Å². The van der Waals surface area contributed by atoms with Gasteiger partial charge in [0.25, 0.3) is 0 Å². The van der Waals surface area contributed by atoms with E-state index in [2.05, 4.69) is 201 Å². The van der Waals surface area contributed by atoms with Gasteiger partial charge in [-0.25, -0.2) is 0 Å². The summed E-state index contributed by atoms with van der Waals surface area (Å²) in [5.41, 5.74) is 8.85. The first-order valence-corrected chi connectivity index (χ1v) is 24.0. The molecule has 5 aliphatic rings. The molecule has 2 fully saturated rings. The number of carbonyl (C=O) groups is 1. The smallest absolute Gasteiger partial charge is 0.248 e. The molecule has 6 nitrogen and oxygen atoms in total. The quantitative estimate of drug-likeness (QED) is 0.175. The van der Waals surface area contributed by atoms with E-state index in [1.165, 1.54) is 12.8 Å². The molecule has 8 aromatic carbocycles. The zero-order valence-corrected chi connectivity index (χ0v) is 37.0. The van der Waals surface area contributed by atoms with Gasteiger partial charge in [-0.1, -0.05) is 116 Å². The van der Waals surface area contributed by atoms with Crippen LogP contribution in [0.2, 0.25) is 0 Å². The molecule has 0 aromatic heterocycles. The van der Waals surface area contributed by atoms with Crippen molar-refractivity contribution in [3.63, 3.8) is 0 Å². The van der Waals surface area contributed by atoms with Gasteiger partial charge in [0.1, 0.15) is 11.4 Å². The molecule has 0 amide bonds. The maximum absolute atomic E-state index is 15.1. The van der Waals surface area contributed by atoms with Crippen LogP contribution in [0.4, 0.5) is 39.8 Å². The maximum Gasteiger partial charge on any atom is 0.248 e. The second kappa shape index (κ2) is 15.1. The van der Waals surface area contributed by atoms with Gasteiger partial charge in [-0.2, -0.15) is 4.58 Å². The number of aliphatic hydroxyl groups excluding tert-OH is 1. The summed E-state index contributed by atoms with van der Waals surface area (Å²) in [4.78, 5) is 22.8. The first-order chi connectivity index (χ1) is 32.6. The third-order valence-corrected chi connectivity index (χ3v) is 15.5. The van der Waals surface area contributed by atoms with Gasteiger partial charge in [0.2, 0.25) is 22.5 Å². The highest BCUT2D eigenvalue weighted by Crippen LogP contribution is 2.57. The van der Waals surface area contributed by atoms with Crippen LogP contribution >= 0.6 is 0 Å². The average molecular weight is 860 g/mol. The number of aliphatic hydroxyl groups is 1. The van der Waals surface area contributed by atoms with Crippen molar-refractivity contribution >= 4 is 78.3 Å². The molecule has 2 saturated carbocycles. The molecule has 0 atom stereocenters. The van der Waals surface area contributed by atoms with E-state index >= 15 is 4.79 Å². The summed E-state index contributed by atoms with van der Waals surface area (Å²) in [5.74, 6) is -0.0760. The van der Waals surface area contributed by atoms with Gasteiger partial charge in [-0.3, -0.25) is 9.69 Å². The number of anilines is 6. The molecule has 66 heavy (non-hydrogen) atoms. The Morgan fingerprint density at radius 3 is 1.55 bits per heavy atom. The molecule has 0 unspecified atom stereocenters. The minimum absolute atomic E-state index is 0.0557. The largest absolute Gasteiger partial charge is 0.506 e. The Morgan fingerprint density at radius 1 is 0.439 bits per heavy atom. The molecule has 0 saturated heterocycles. The number of hydrogen-bond acceptors (Lipinski definition) is 5. The van der Waals surface area contributed by atoms with Crippen molar-refractivity contribution < 1.29 is 9.90 Å². The van der Waals surface area contributed by atoms with Gasteiger partial charge >= 0.3 is 0 Å². The molecule has 3 aliphatic carbocycles. The number of para-hydroxylation sites is 4. The van der Waals surface area contributed by atoms with Crippen molar-refractivity contribution in [3.8, 4) is 0 Å². The second-order valence-corrected chi connectivity index (χ2v) is 18.9. The fourth-order valence-electron chi connectivity index (χ4n) is 12.9. The molecular formula is C60H51N4O2+. The topological polar surface area (TPSA) is 50.0 Å². The van der Waals surface area contributed by atoms with Crippen LogP contribution in [0.5, 0.6) is 0 Å². The van der Waals surface area contributed by atoms with E-state index < -0.39 is 0 Å². The average Bonchev–Trinajstić information content (AvgIpc) is 3.37. The fourth-order valence-corrected chi connectivity index (χ4v) is 12.9. The van der Waals surface area contributed by atoms with E-state index in [-0.39, 0.29) is 22.9 Å². The lowest BCUT2D eigenvalue weighted by Crippen LogP contribution is -2.62. The van der Waals surface area contributed by atoms with E-state index in [4.69, 9.17) is 0 Å². The van der Waals surface area contributed by atoms with Crippen LogP contribution < -0.4 is 29.9 Å². The summed E-state index contributed by atoms with van der Waals surface area (Å²) in [6.45, 7) is 0. The number of rotatable bonds is 5. The maximum atomic E-state index is 15.1. The monoisotopic (exact) mass is 859 g/mol. The Labute approximate surface area is 385 Å². The zero-order valence-electron chi connectivity index (χ0n) is 37.0. The minimum atomic E-state index is -0.324. The number of carbonyl (C=O) groups excluding carboxylic acids is 1. The Balaban J connectivity index is 1.05. The lowest BCUT2D eigenvalue weighted by molar-refractivity contribution is -0.109. The molecule has 13 rings (SSSR count). The summed E-state index contributed by atoms with van der Waals surface area (Å²) in [6.07, 6.45) is 11.0. The minimum Gasteiger partial charge on any atom is -0.506 e. The van der Waals surface area contributed by atoms with Crippen LogP contribution in [0.25, 0.3) is 32.7 Å². The summed E-state index contributed by atoms with van der Waals surface area (Å²) in [5, 5.41) is 18.5. The van der Waals surface area contributed by atoms with E-state index in [0.29, 0.717) is 11.1 Å². The highest BCUT2D eigenvalue weighted by Gasteiger charge is 2.54. The van der Waals surface area contributed by atoms with E-state index in [1.54, 1.807) is 0 Å². The normalized spacial score (nSPS) is 19.2. The predicted molar refractivity (Wildman–Crippen MR) is 270 cm³/mol. The van der Waals surface area contributed by atoms with Crippen LogP contribution in [0.3, 0.4) is 0 Å². The third-order valence-electron chi connectivity index (χ3n) is 15.5. The third kappa shape index (κ3) is 5.48. The molecular weight excluding hydrogens is 809 g/mol. The van der Waals surface area contributed by atoms with E-state index in [0.717, 1.165) is 129 Å². The molecule has 322 valence electrons. The van der Waals surface area contributed by atoms with Crippen LogP contribution in [-0.4, -0.2) is 22.2 Å². The summed E-state index contributed by atoms with van der Waals surface area (Å²) < 4.78 is 2.58. The molecule has 6 heteroatoms. The lowest BCUT2D eigenvalue weighted by atomic mass is 9.78. The van der Waals surface area contributed by atoms with Crippen molar-refractivity contribution in [2.45, 2.75) is 75.5 Å². The number of hydrogen-bond donors (Lipinski definition) is 1. The number of allylic oxidation sites excluding steroid dienone is 2. The highest BCUT2D eigenvalue weighted by atomic mass is 16.3. The standard InChI is InChI=1S/C60H50N4O2/c65-57-55(47-33-35-51-53-45(47)29-19-31-49(53)61(41-21-7-1-8-22-41)59(37-15-5-16-38-59)63(51)43-25-11-3-12-26-43)58(66)56(57)48-34-36-52-54-46(48)30-20-32-50(54)62(42-23-9-2-10-24-42)60(39-17-6-18-40-60)64(52)44-27-13-4-14-28-44/h1-4,7-14,19-36H,5-6,15-18,37-40H2/p+1. The van der Waals surface area contributed by atoms with Crippen LogP contribution in [0.1, 0.15) is 69.8 Å². The Bertz CT molecular complexity index is 3350. The Morgan fingerprint density at radius 2 is 0.955 bits per heavy atom. The Hall–Kier alpha value is -7.44. The first-order valence-electron chi connectivity index (χ1n) is 24.0. The molecule has 1 N–H and O–H groups in total. The first kappa shape index (κ1) is 39.0. The SMILES string of the molecule is O=C1C(c2ccc3c4c(cccc24)N(c2ccccc2)C2(CCCCC2)N3c2ccccc2)=C(O)/C1=c1/ccc2c3c(cccc13)N(c1ccccc1)C1(CCCCC1)[N+]=2c1ccccc1. The van der Waals surface area contributed by atoms with Gasteiger partial charge < -0.3 is 14.9 Å². The molecule has 2 spiro atoms. The van der Waals surface area contributed by atoms with Crippen molar-refractivity contribution in [2.24, 2.45) is 0 Å². The van der Waals surface area contributed by atoms with E-state index in [1.807, 2.05) is 0 Å². The van der Waals surface area contributed by atoms with Crippen molar-refractivity contribution in [1.82, 2.24) is 4.58 Å². The van der Waals surface area contributed by atoms with Crippen LogP contribution in [-0.2, 0) is 4.79 Å². The van der Waals surface area contributed by atoms with Gasteiger partial charge in [0.05, 0.1) is 33.6 Å². The predicted octanol–water partition coefficient (Wildman–Crippen LogP) is 13.3. The fraction of sp³-hybridized carbons (Fsp3) is 0.200. The molecule has 2 aliphatic heterocycles. The molecule has 0 radical (unpaired) electrons. The zero-order chi connectivity index (χ0) is 44.0. The highest BCUT2D eigenvalue weighted by molar-refractivity contribution is 6.53. The molecule has 2 heterocycles. The van der Waals surface area contributed by atoms with Gasteiger partial charge in [-0.05, 0) is 121 Å². The van der Waals surface area contributed by atoms with Crippen molar-refractivity contribution in [2.75, 3.05) is 14.7 Å². The summed E-state index contributed by atoms with van der Waals surface area (Å²) >= 11 is 0. The van der Waals surface area contributed by atoms with Crippen molar-refractivity contribution in [1.29, 1.82) is 0 Å². The summed E-state index contributed by atoms with van der Waals surface area (Å²) in [7, 11) is 0. The van der Waals surface area contributed by atoms with Gasteiger partial charge in [0, 0.05) is 53.5 Å². The lowest BCUT2D eigenvalue weighted by Gasteiger charge is -2.58. The van der Waals surface area contributed by atoms with Gasteiger partial charge in [0.15, 0.2) is 0 Å². The summed E-state index contributed by atoms with van der Waals surface area (Å²) in [6, 6.07) is 64.8. The number of nitrogens with zero attached hydrogens (tertiary/aromatic N) is 4. The Kier molecular flexibility index (Phi) is 8.89.